The number of carboxylic acids is 1. The Balaban J connectivity index is 1.62. The molecule has 0 radical (unpaired) electrons. The zero-order valence-electron chi connectivity index (χ0n) is 15.6. The zero-order valence-corrected chi connectivity index (χ0v) is 15.6. The van der Waals surface area contributed by atoms with Crippen LogP contribution in [0.2, 0.25) is 0 Å². The summed E-state index contributed by atoms with van der Waals surface area (Å²) in [5.74, 6) is -0.658. The molecule has 1 aromatic carbocycles. The smallest absolute Gasteiger partial charge is 0.339 e. The van der Waals surface area contributed by atoms with E-state index in [-0.39, 0.29) is 11.4 Å². The highest BCUT2D eigenvalue weighted by molar-refractivity contribution is 5.96. The van der Waals surface area contributed by atoms with Crippen molar-refractivity contribution in [3.63, 3.8) is 0 Å². The maximum atomic E-state index is 13.0. The van der Waals surface area contributed by atoms with E-state index in [1.54, 1.807) is 24.4 Å². The van der Waals surface area contributed by atoms with Crippen LogP contribution < -0.4 is 4.90 Å². The zero-order chi connectivity index (χ0) is 20.2. The number of ether oxygens (including phenoxy) is 1. The van der Waals surface area contributed by atoms with Gasteiger partial charge in [0, 0.05) is 30.5 Å². The maximum absolute atomic E-state index is 13.0. The van der Waals surface area contributed by atoms with E-state index in [0.717, 1.165) is 11.1 Å². The molecule has 0 bridgehead atoms. The first-order chi connectivity index (χ1) is 14.1. The Kier molecular flexibility index (Phi) is 5.39. The molecule has 1 saturated heterocycles. The first-order valence-electron chi connectivity index (χ1n) is 9.29. The lowest BCUT2D eigenvalue weighted by atomic mass is 10.1. The van der Waals surface area contributed by atoms with Crippen LogP contribution >= 0.6 is 0 Å². The fourth-order valence-electron chi connectivity index (χ4n) is 3.26. The topological polar surface area (TPSA) is 78.4 Å². The van der Waals surface area contributed by atoms with Crippen LogP contribution in [0.4, 0.5) is 10.2 Å². The van der Waals surface area contributed by atoms with Crippen molar-refractivity contribution in [2.75, 3.05) is 31.2 Å². The van der Waals surface area contributed by atoms with Crippen molar-refractivity contribution >= 4 is 23.9 Å². The van der Waals surface area contributed by atoms with Crippen molar-refractivity contribution < 1.29 is 19.0 Å². The number of morpholine rings is 1. The van der Waals surface area contributed by atoms with Gasteiger partial charge in [0.1, 0.15) is 17.2 Å². The molecule has 1 aliphatic heterocycles. The number of H-pyrrole nitrogens is 1. The van der Waals surface area contributed by atoms with E-state index in [4.69, 9.17) is 4.74 Å². The summed E-state index contributed by atoms with van der Waals surface area (Å²) < 4.78 is 18.4. The van der Waals surface area contributed by atoms with Crippen LogP contribution in [-0.4, -0.2) is 47.3 Å². The fourth-order valence-corrected chi connectivity index (χ4v) is 3.26. The number of nitrogens with zero attached hydrogens (tertiary/aromatic N) is 2. The van der Waals surface area contributed by atoms with E-state index in [0.29, 0.717) is 43.5 Å². The second-order valence-corrected chi connectivity index (χ2v) is 6.70. The van der Waals surface area contributed by atoms with E-state index in [9.17, 15) is 14.3 Å². The Bertz CT molecular complexity index is 1040. The average molecular weight is 393 g/mol. The van der Waals surface area contributed by atoms with Crippen molar-refractivity contribution in [1.82, 2.24) is 9.97 Å². The summed E-state index contributed by atoms with van der Waals surface area (Å²) >= 11 is 0. The van der Waals surface area contributed by atoms with Gasteiger partial charge in [-0.05, 0) is 42.0 Å². The van der Waals surface area contributed by atoms with Gasteiger partial charge in [0.15, 0.2) is 0 Å². The predicted molar refractivity (Wildman–Crippen MR) is 109 cm³/mol. The van der Waals surface area contributed by atoms with Gasteiger partial charge in [0.2, 0.25) is 0 Å². The second kappa shape index (κ2) is 8.28. The van der Waals surface area contributed by atoms with Crippen LogP contribution in [0.1, 0.15) is 21.6 Å². The first kappa shape index (κ1) is 18.9. The molecule has 3 aromatic rings. The monoisotopic (exact) mass is 393 g/mol. The number of hydrogen-bond donors (Lipinski definition) is 2. The van der Waals surface area contributed by atoms with Crippen molar-refractivity contribution in [3.8, 4) is 11.3 Å². The van der Waals surface area contributed by atoms with E-state index < -0.39 is 5.97 Å². The summed E-state index contributed by atoms with van der Waals surface area (Å²) in [6, 6.07) is 11.5. The molecule has 3 heterocycles. The van der Waals surface area contributed by atoms with E-state index >= 15 is 0 Å². The summed E-state index contributed by atoms with van der Waals surface area (Å²) in [5.41, 5.74) is 3.36. The molecule has 0 saturated carbocycles. The molecule has 0 atom stereocenters. The number of nitrogens with one attached hydrogen (secondary N) is 1. The number of anilines is 1. The minimum Gasteiger partial charge on any atom is -0.478 e. The third-order valence-corrected chi connectivity index (χ3v) is 4.76. The molecule has 2 N–H and O–H groups in total. The quantitative estimate of drug-likeness (QED) is 0.687. The van der Waals surface area contributed by atoms with Crippen LogP contribution in [0.3, 0.4) is 0 Å². The normalized spacial score (nSPS) is 14.4. The van der Waals surface area contributed by atoms with Gasteiger partial charge in [0.25, 0.3) is 0 Å². The standard InChI is InChI=1S/C22H20FN3O3/c23-17-4-1-15(2-5-17)3-6-18-13-16(7-8-24-18)20-14-19(22(27)28)21(25-20)26-9-11-29-12-10-26/h1-8,13-14,25H,9-12H2,(H,27,28)/b6-3+. The van der Waals surface area contributed by atoms with Crippen LogP contribution in [0, 0.1) is 5.82 Å². The van der Waals surface area contributed by atoms with Gasteiger partial charge in [-0.3, -0.25) is 4.98 Å². The van der Waals surface area contributed by atoms with Gasteiger partial charge in [-0.1, -0.05) is 18.2 Å². The number of aromatic amines is 1. The third-order valence-electron chi connectivity index (χ3n) is 4.76. The number of carbonyl (C=O) groups is 1. The molecule has 2 aromatic heterocycles. The Morgan fingerprint density at radius 1 is 1.14 bits per heavy atom. The SMILES string of the molecule is O=C(O)c1cc(-c2ccnc(/C=C/c3ccc(F)cc3)c2)[nH]c1N1CCOCC1. The highest BCUT2D eigenvalue weighted by Gasteiger charge is 2.22. The number of hydrogen-bond acceptors (Lipinski definition) is 4. The highest BCUT2D eigenvalue weighted by Crippen LogP contribution is 2.28. The summed E-state index contributed by atoms with van der Waals surface area (Å²) in [4.78, 5) is 21.3. The fraction of sp³-hybridized carbons (Fsp3) is 0.182. The number of carboxylic acid groups (broad SMARTS) is 1. The summed E-state index contributed by atoms with van der Waals surface area (Å²) in [6.45, 7) is 2.42. The highest BCUT2D eigenvalue weighted by atomic mass is 19.1. The minimum atomic E-state index is -0.973. The van der Waals surface area contributed by atoms with Crippen molar-refractivity contribution in [3.05, 3.63) is 71.3 Å². The number of aromatic nitrogens is 2. The molecule has 0 spiro atoms. The summed E-state index contributed by atoms with van der Waals surface area (Å²) in [5, 5.41) is 9.61. The minimum absolute atomic E-state index is 0.238. The average Bonchev–Trinajstić information content (AvgIpc) is 3.20. The first-order valence-corrected chi connectivity index (χ1v) is 9.29. The Hall–Kier alpha value is -3.45. The molecular formula is C22H20FN3O3. The number of aromatic carboxylic acids is 1. The van der Waals surface area contributed by atoms with E-state index in [2.05, 4.69) is 9.97 Å². The van der Waals surface area contributed by atoms with E-state index in [1.807, 2.05) is 29.2 Å². The molecule has 0 unspecified atom stereocenters. The van der Waals surface area contributed by atoms with Gasteiger partial charge >= 0.3 is 5.97 Å². The molecule has 1 aliphatic rings. The van der Waals surface area contributed by atoms with Crippen LogP contribution in [0.15, 0.2) is 48.7 Å². The number of rotatable bonds is 5. The Labute approximate surface area is 167 Å². The van der Waals surface area contributed by atoms with Gasteiger partial charge in [-0.25, -0.2) is 9.18 Å². The van der Waals surface area contributed by atoms with Gasteiger partial charge in [-0.2, -0.15) is 0 Å². The molecular weight excluding hydrogens is 373 g/mol. The van der Waals surface area contributed by atoms with E-state index in [1.165, 1.54) is 12.1 Å². The van der Waals surface area contributed by atoms with Crippen molar-refractivity contribution in [1.29, 1.82) is 0 Å². The molecule has 148 valence electrons. The van der Waals surface area contributed by atoms with Crippen LogP contribution in [0.25, 0.3) is 23.4 Å². The lowest BCUT2D eigenvalue weighted by Gasteiger charge is -2.28. The molecule has 0 amide bonds. The van der Waals surface area contributed by atoms with Gasteiger partial charge in [0.05, 0.1) is 18.9 Å². The van der Waals surface area contributed by atoms with Crippen molar-refractivity contribution in [2.24, 2.45) is 0 Å². The Morgan fingerprint density at radius 2 is 1.90 bits per heavy atom. The largest absolute Gasteiger partial charge is 0.478 e. The second-order valence-electron chi connectivity index (χ2n) is 6.70. The number of halogens is 1. The number of pyridine rings is 1. The molecule has 4 rings (SSSR count). The van der Waals surface area contributed by atoms with Gasteiger partial charge < -0.3 is 19.7 Å². The maximum Gasteiger partial charge on any atom is 0.339 e. The molecule has 0 aliphatic carbocycles. The van der Waals surface area contributed by atoms with Crippen molar-refractivity contribution in [2.45, 2.75) is 0 Å². The van der Waals surface area contributed by atoms with Crippen LogP contribution in [-0.2, 0) is 4.74 Å². The predicted octanol–water partition coefficient (Wildman–Crippen LogP) is 3.92. The molecule has 7 heteroatoms. The summed E-state index contributed by atoms with van der Waals surface area (Å²) in [6.07, 6.45) is 5.36. The Morgan fingerprint density at radius 3 is 2.62 bits per heavy atom. The lowest BCUT2D eigenvalue weighted by molar-refractivity contribution is 0.0696. The molecule has 6 nitrogen and oxygen atoms in total. The summed E-state index contributed by atoms with van der Waals surface area (Å²) in [7, 11) is 0. The number of benzene rings is 1. The molecule has 29 heavy (non-hydrogen) atoms. The molecule has 1 fully saturated rings. The lowest BCUT2D eigenvalue weighted by Crippen LogP contribution is -2.37. The third kappa shape index (κ3) is 4.35. The van der Waals surface area contributed by atoms with Crippen LogP contribution in [0.5, 0.6) is 0 Å². The van der Waals surface area contributed by atoms with Gasteiger partial charge in [-0.15, -0.1) is 0 Å².